The number of nitrogens with zero attached hydrogens (tertiary/aromatic N) is 2. The van der Waals surface area contributed by atoms with Gasteiger partial charge in [0.2, 0.25) is 0 Å². The van der Waals surface area contributed by atoms with Gasteiger partial charge in [-0.3, -0.25) is 9.78 Å². The molecular weight excluding hydrogens is 230 g/mol. The predicted molar refractivity (Wildman–Crippen MR) is 67.4 cm³/mol. The van der Waals surface area contributed by atoms with Gasteiger partial charge in [0.25, 0.3) is 5.91 Å². The molecule has 0 spiro atoms. The molecule has 0 unspecified atom stereocenters. The molecule has 0 saturated carbocycles. The van der Waals surface area contributed by atoms with Crippen LogP contribution in [0.2, 0.25) is 0 Å². The molecule has 2 rings (SSSR count). The minimum Gasteiger partial charge on any atom is -0.460 e. The fourth-order valence-electron chi connectivity index (χ4n) is 1.39. The van der Waals surface area contributed by atoms with E-state index in [1.54, 1.807) is 31.5 Å². The molecule has 0 aliphatic rings. The van der Waals surface area contributed by atoms with E-state index in [4.69, 9.17) is 4.42 Å². The Balaban J connectivity index is 2.05. The van der Waals surface area contributed by atoms with Crippen molar-refractivity contribution in [3.8, 4) is 0 Å². The van der Waals surface area contributed by atoms with E-state index in [-0.39, 0.29) is 5.91 Å². The highest BCUT2D eigenvalue weighted by molar-refractivity contribution is 5.99. The molecule has 5 nitrogen and oxygen atoms in total. The van der Waals surface area contributed by atoms with E-state index in [1.807, 2.05) is 19.1 Å². The number of hydrogen-bond acceptors (Lipinski definition) is 4. The highest BCUT2D eigenvalue weighted by atomic mass is 16.3. The van der Waals surface area contributed by atoms with Crippen LogP contribution in [0.5, 0.6) is 0 Å². The van der Waals surface area contributed by atoms with Crippen LogP contribution in [0.1, 0.15) is 28.8 Å². The van der Waals surface area contributed by atoms with Crippen molar-refractivity contribution in [1.29, 1.82) is 0 Å². The summed E-state index contributed by atoms with van der Waals surface area (Å²) >= 11 is 0. The summed E-state index contributed by atoms with van der Waals surface area (Å²) in [6.07, 6.45) is 3.11. The molecule has 92 valence electrons. The van der Waals surface area contributed by atoms with Crippen molar-refractivity contribution in [3.05, 3.63) is 53.7 Å². The van der Waals surface area contributed by atoms with Crippen molar-refractivity contribution in [2.75, 3.05) is 0 Å². The molecule has 18 heavy (non-hydrogen) atoms. The highest BCUT2D eigenvalue weighted by Gasteiger charge is 2.05. The first-order valence-corrected chi connectivity index (χ1v) is 5.48. The van der Waals surface area contributed by atoms with Crippen LogP contribution in [-0.4, -0.2) is 16.6 Å². The Morgan fingerprint density at radius 1 is 1.28 bits per heavy atom. The van der Waals surface area contributed by atoms with Gasteiger partial charge in [0.15, 0.2) is 0 Å². The molecular formula is C13H13N3O2. The maximum Gasteiger partial charge on any atom is 0.271 e. The third kappa shape index (κ3) is 2.82. The monoisotopic (exact) mass is 243 g/mol. The molecule has 2 aromatic heterocycles. The molecule has 0 atom stereocenters. The van der Waals surface area contributed by atoms with Crippen LogP contribution in [0, 0.1) is 6.92 Å². The minimum absolute atomic E-state index is 0.278. The van der Waals surface area contributed by atoms with Crippen LogP contribution in [0.3, 0.4) is 0 Å². The Morgan fingerprint density at radius 2 is 2.00 bits per heavy atom. The van der Waals surface area contributed by atoms with E-state index in [0.717, 1.165) is 5.76 Å². The van der Waals surface area contributed by atoms with Crippen LogP contribution in [-0.2, 0) is 0 Å². The van der Waals surface area contributed by atoms with Crippen LogP contribution in [0.25, 0.3) is 0 Å². The number of aryl methyl sites for hydroxylation is 1. The zero-order chi connectivity index (χ0) is 13.0. The third-order valence-electron chi connectivity index (χ3n) is 2.36. The first-order chi connectivity index (χ1) is 8.66. The molecule has 5 heteroatoms. The summed E-state index contributed by atoms with van der Waals surface area (Å²) in [5.41, 5.74) is 3.60. The zero-order valence-corrected chi connectivity index (χ0v) is 10.2. The zero-order valence-electron chi connectivity index (χ0n) is 10.2. The number of hydrazone groups is 1. The Labute approximate surface area is 105 Å². The second kappa shape index (κ2) is 5.27. The molecule has 0 fully saturated rings. The number of nitrogens with one attached hydrogen (secondary N) is 1. The Morgan fingerprint density at radius 3 is 2.61 bits per heavy atom. The molecule has 0 aromatic carbocycles. The average molecular weight is 243 g/mol. The topological polar surface area (TPSA) is 67.5 Å². The van der Waals surface area contributed by atoms with E-state index in [1.165, 1.54) is 0 Å². The van der Waals surface area contributed by atoms with Gasteiger partial charge in [-0.05, 0) is 38.1 Å². The van der Waals surface area contributed by atoms with Crippen LogP contribution in [0.15, 0.2) is 46.2 Å². The first kappa shape index (κ1) is 12.0. The van der Waals surface area contributed by atoms with Crippen molar-refractivity contribution < 1.29 is 9.21 Å². The number of furan rings is 1. The van der Waals surface area contributed by atoms with E-state index >= 15 is 0 Å². The average Bonchev–Trinajstić information content (AvgIpc) is 2.83. The van der Waals surface area contributed by atoms with Crippen LogP contribution in [0.4, 0.5) is 0 Å². The highest BCUT2D eigenvalue weighted by Crippen LogP contribution is 2.07. The SMILES string of the molecule is CC(=NNC(=O)c1ccncc1)c1ccc(C)o1. The summed E-state index contributed by atoms with van der Waals surface area (Å²) < 4.78 is 5.39. The predicted octanol–water partition coefficient (Wildman–Crippen LogP) is 2.14. The fourth-order valence-corrected chi connectivity index (χ4v) is 1.39. The Bertz CT molecular complexity index is 573. The number of aromatic nitrogens is 1. The quantitative estimate of drug-likeness (QED) is 0.663. The summed E-state index contributed by atoms with van der Waals surface area (Å²) in [4.78, 5) is 15.6. The van der Waals surface area contributed by atoms with Crippen molar-refractivity contribution in [1.82, 2.24) is 10.4 Å². The van der Waals surface area contributed by atoms with Crippen LogP contribution >= 0.6 is 0 Å². The van der Waals surface area contributed by atoms with Gasteiger partial charge in [0.1, 0.15) is 17.2 Å². The van der Waals surface area contributed by atoms with E-state index < -0.39 is 0 Å². The van der Waals surface area contributed by atoms with Gasteiger partial charge in [-0.25, -0.2) is 5.43 Å². The summed E-state index contributed by atoms with van der Waals surface area (Å²) in [7, 11) is 0. The van der Waals surface area contributed by atoms with E-state index in [9.17, 15) is 4.79 Å². The normalized spacial score (nSPS) is 11.3. The fraction of sp³-hybridized carbons (Fsp3) is 0.154. The first-order valence-electron chi connectivity index (χ1n) is 5.48. The number of carbonyl (C=O) groups is 1. The lowest BCUT2D eigenvalue weighted by atomic mass is 10.2. The van der Waals surface area contributed by atoms with Crippen molar-refractivity contribution in [2.45, 2.75) is 13.8 Å². The lowest BCUT2D eigenvalue weighted by Crippen LogP contribution is -2.19. The van der Waals surface area contributed by atoms with Gasteiger partial charge in [0.05, 0.1) is 0 Å². The summed E-state index contributed by atoms with van der Waals surface area (Å²) in [6.45, 7) is 3.62. The molecule has 0 saturated heterocycles. The van der Waals surface area contributed by atoms with Gasteiger partial charge in [0, 0.05) is 18.0 Å². The van der Waals surface area contributed by atoms with E-state index in [0.29, 0.717) is 17.0 Å². The maximum absolute atomic E-state index is 11.7. The molecule has 2 heterocycles. The number of rotatable bonds is 3. The van der Waals surface area contributed by atoms with Gasteiger partial charge < -0.3 is 4.42 Å². The molecule has 2 aromatic rings. The Hall–Kier alpha value is -2.43. The molecule has 0 bridgehead atoms. The van der Waals surface area contributed by atoms with Crippen molar-refractivity contribution in [2.24, 2.45) is 5.10 Å². The van der Waals surface area contributed by atoms with E-state index in [2.05, 4.69) is 15.5 Å². The molecule has 1 amide bonds. The van der Waals surface area contributed by atoms with Gasteiger partial charge >= 0.3 is 0 Å². The molecule has 0 aliphatic carbocycles. The van der Waals surface area contributed by atoms with Gasteiger partial charge in [-0.2, -0.15) is 5.10 Å². The van der Waals surface area contributed by atoms with Crippen LogP contribution < -0.4 is 5.43 Å². The van der Waals surface area contributed by atoms with Crippen molar-refractivity contribution in [3.63, 3.8) is 0 Å². The Kier molecular flexibility index (Phi) is 3.52. The maximum atomic E-state index is 11.7. The number of carbonyl (C=O) groups excluding carboxylic acids is 1. The van der Waals surface area contributed by atoms with Crippen molar-refractivity contribution >= 4 is 11.6 Å². The van der Waals surface area contributed by atoms with Gasteiger partial charge in [-0.1, -0.05) is 0 Å². The third-order valence-corrected chi connectivity index (χ3v) is 2.36. The van der Waals surface area contributed by atoms with Gasteiger partial charge in [-0.15, -0.1) is 0 Å². The molecule has 0 radical (unpaired) electrons. The second-order valence-electron chi connectivity index (χ2n) is 3.78. The lowest BCUT2D eigenvalue weighted by molar-refractivity contribution is 0.0954. The smallest absolute Gasteiger partial charge is 0.271 e. The summed E-state index contributed by atoms with van der Waals surface area (Å²) in [5, 5.41) is 3.99. The summed E-state index contributed by atoms with van der Waals surface area (Å²) in [5.74, 6) is 1.17. The largest absolute Gasteiger partial charge is 0.460 e. The minimum atomic E-state index is -0.278. The summed E-state index contributed by atoms with van der Waals surface area (Å²) in [6, 6.07) is 6.90. The lowest BCUT2D eigenvalue weighted by Gasteiger charge is -2.00. The molecule has 1 N–H and O–H groups in total. The number of amides is 1. The molecule has 0 aliphatic heterocycles. The second-order valence-corrected chi connectivity index (χ2v) is 3.78. The number of hydrogen-bond donors (Lipinski definition) is 1. The standard InChI is InChI=1S/C13H13N3O2/c1-9-3-4-12(18-9)10(2)15-16-13(17)11-5-7-14-8-6-11/h3-8H,1-2H3,(H,16,17). The number of pyridine rings is 1.